The minimum atomic E-state index is -0.0736. The quantitative estimate of drug-likeness (QED) is 0.780. The molecular formula is C11H17N3OS. The van der Waals surface area contributed by atoms with Crippen LogP contribution in [0.3, 0.4) is 0 Å². The lowest BCUT2D eigenvalue weighted by molar-refractivity contribution is 0.550. The molecule has 16 heavy (non-hydrogen) atoms. The van der Waals surface area contributed by atoms with Gasteiger partial charge in [0, 0.05) is 23.6 Å². The number of H-pyrrole nitrogens is 1. The third-order valence-corrected chi connectivity index (χ3v) is 4.13. The smallest absolute Gasteiger partial charge is 0.251 e. The topological polar surface area (TPSA) is 57.8 Å². The van der Waals surface area contributed by atoms with E-state index in [-0.39, 0.29) is 5.56 Å². The molecule has 2 unspecified atom stereocenters. The fraction of sp³-hybridized carbons (Fsp3) is 0.636. The first-order valence-electron chi connectivity index (χ1n) is 5.75. The van der Waals surface area contributed by atoms with Crippen LogP contribution in [0.15, 0.2) is 22.2 Å². The van der Waals surface area contributed by atoms with Crippen molar-refractivity contribution in [2.24, 2.45) is 0 Å². The van der Waals surface area contributed by atoms with Crippen molar-refractivity contribution in [2.45, 2.75) is 42.6 Å². The van der Waals surface area contributed by atoms with E-state index in [9.17, 15) is 4.79 Å². The Hall–Kier alpha value is -0.810. The Morgan fingerprint density at radius 1 is 1.62 bits per heavy atom. The summed E-state index contributed by atoms with van der Waals surface area (Å²) in [5.74, 6) is 0. The van der Waals surface area contributed by atoms with Crippen LogP contribution in [0, 0.1) is 0 Å². The van der Waals surface area contributed by atoms with Crippen LogP contribution in [0.5, 0.6) is 0 Å². The molecule has 0 aromatic carbocycles. The molecule has 1 aliphatic rings. The summed E-state index contributed by atoms with van der Waals surface area (Å²) < 4.78 is 0. The highest BCUT2D eigenvalue weighted by atomic mass is 32.2. The summed E-state index contributed by atoms with van der Waals surface area (Å²) in [6.45, 7) is 3.13. The minimum Gasteiger partial charge on any atom is -0.313 e. The average Bonchev–Trinajstić information content (AvgIpc) is 2.66. The lowest BCUT2D eigenvalue weighted by atomic mass is 10.2. The van der Waals surface area contributed by atoms with Gasteiger partial charge in [-0.1, -0.05) is 25.1 Å². The van der Waals surface area contributed by atoms with Gasteiger partial charge in [0.05, 0.1) is 0 Å². The molecule has 4 nitrogen and oxygen atoms in total. The Kier molecular flexibility index (Phi) is 4.01. The van der Waals surface area contributed by atoms with Crippen molar-refractivity contribution in [3.05, 3.63) is 22.6 Å². The molecule has 0 aliphatic heterocycles. The third-order valence-electron chi connectivity index (χ3n) is 2.83. The van der Waals surface area contributed by atoms with Gasteiger partial charge in [-0.25, -0.2) is 4.98 Å². The highest BCUT2D eigenvalue weighted by Crippen LogP contribution is 2.32. The zero-order chi connectivity index (χ0) is 11.4. The van der Waals surface area contributed by atoms with E-state index in [2.05, 4.69) is 22.2 Å². The van der Waals surface area contributed by atoms with E-state index < -0.39 is 0 Å². The van der Waals surface area contributed by atoms with E-state index >= 15 is 0 Å². The number of hydrogen-bond acceptors (Lipinski definition) is 4. The van der Waals surface area contributed by atoms with Crippen molar-refractivity contribution in [3.63, 3.8) is 0 Å². The SMILES string of the molecule is CCNC1CCCC1Sc1nccc(=O)[nH]1. The predicted molar refractivity (Wildman–Crippen MR) is 65.8 cm³/mol. The van der Waals surface area contributed by atoms with E-state index in [1.807, 2.05) is 0 Å². The number of aromatic amines is 1. The van der Waals surface area contributed by atoms with E-state index in [4.69, 9.17) is 0 Å². The average molecular weight is 239 g/mol. The summed E-state index contributed by atoms with van der Waals surface area (Å²) in [5.41, 5.74) is -0.0736. The minimum absolute atomic E-state index is 0.0736. The first-order chi connectivity index (χ1) is 7.79. The van der Waals surface area contributed by atoms with Gasteiger partial charge in [-0.15, -0.1) is 0 Å². The van der Waals surface area contributed by atoms with Gasteiger partial charge >= 0.3 is 0 Å². The zero-order valence-electron chi connectivity index (χ0n) is 9.40. The predicted octanol–water partition coefficient (Wildman–Crippen LogP) is 1.39. The summed E-state index contributed by atoms with van der Waals surface area (Å²) >= 11 is 1.68. The van der Waals surface area contributed by atoms with Gasteiger partial charge in [-0.2, -0.15) is 0 Å². The number of nitrogens with one attached hydrogen (secondary N) is 2. The molecule has 1 fully saturated rings. The van der Waals surface area contributed by atoms with Gasteiger partial charge in [-0.3, -0.25) is 4.79 Å². The Morgan fingerprint density at radius 2 is 2.50 bits per heavy atom. The summed E-state index contributed by atoms with van der Waals surface area (Å²) in [7, 11) is 0. The third kappa shape index (κ3) is 2.86. The molecule has 0 radical (unpaired) electrons. The number of thioether (sulfide) groups is 1. The standard InChI is InChI=1S/C11H17N3OS/c1-2-12-8-4-3-5-9(8)16-11-13-7-6-10(15)14-11/h6-9,12H,2-5H2,1H3,(H,13,14,15). The summed E-state index contributed by atoms with van der Waals surface area (Å²) in [6, 6.07) is 2.00. The van der Waals surface area contributed by atoms with Gasteiger partial charge in [-0.05, 0) is 19.4 Å². The Balaban J connectivity index is 2.01. The molecule has 0 bridgehead atoms. The molecule has 88 valence electrons. The van der Waals surface area contributed by atoms with E-state index in [1.165, 1.54) is 25.3 Å². The Labute approximate surface area is 99.3 Å². The number of rotatable bonds is 4. The lowest BCUT2D eigenvalue weighted by Crippen LogP contribution is -2.33. The molecule has 0 amide bonds. The molecule has 0 spiro atoms. The van der Waals surface area contributed by atoms with Crippen molar-refractivity contribution in [1.29, 1.82) is 0 Å². The van der Waals surface area contributed by atoms with Crippen LogP contribution in [-0.2, 0) is 0 Å². The molecule has 1 aromatic rings. The maximum atomic E-state index is 11.1. The van der Waals surface area contributed by atoms with Crippen LogP contribution in [0.4, 0.5) is 0 Å². The highest BCUT2D eigenvalue weighted by Gasteiger charge is 2.27. The van der Waals surface area contributed by atoms with Crippen LogP contribution in [0.2, 0.25) is 0 Å². The van der Waals surface area contributed by atoms with Gasteiger partial charge in [0.15, 0.2) is 5.16 Å². The van der Waals surface area contributed by atoms with Gasteiger partial charge < -0.3 is 10.3 Å². The molecule has 5 heteroatoms. The molecule has 2 N–H and O–H groups in total. The van der Waals surface area contributed by atoms with Crippen molar-refractivity contribution < 1.29 is 0 Å². The van der Waals surface area contributed by atoms with Gasteiger partial charge in [0.1, 0.15) is 0 Å². The molecule has 0 saturated heterocycles. The summed E-state index contributed by atoms with van der Waals surface area (Å²) in [6.07, 6.45) is 5.24. The highest BCUT2D eigenvalue weighted by molar-refractivity contribution is 7.99. The normalized spacial score (nSPS) is 24.8. The van der Waals surface area contributed by atoms with Crippen LogP contribution < -0.4 is 10.9 Å². The Morgan fingerprint density at radius 3 is 3.25 bits per heavy atom. The largest absolute Gasteiger partial charge is 0.313 e. The maximum Gasteiger partial charge on any atom is 0.251 e. The molecular weight excluding hydrogens is 222 g/mol. The van der Waals surface area contributed by atoms with Crippen LogP contribution >= 0.6 is 11.8 Å². The zero-order valence-corrected chi connectivity index (χ0v) is 10.2. The summed E-state index contributed by atoms with van der Waals surface area (Å²) in [5, 5.41) is 4.76. The van der Waals surface area contributed by atoms with Crippen LogP contribution in [0.1, 0.15) is 26.2 Å². The van der Waals surface area contributed by atoms with Crippen molar-refractivity contribution in [3.8, 4) is 0 Å². The second-order valence-corrected chi connectivity index (χ2v) is 5.22. The van der Waals surface area contributed by atoms with Gasteiger partial charge in [0.2, 0.25) is 0 Å². The van der Waals surface area contributed by atoms with Crippen LogP contribution in [-0.4, -0.2) is 27.8 Å². The van der Waals surface area contributed by atoms with Crippen molar-refractivity contribution >= 4 is 11.8 Å². The fourth-order valence-electron chi connectivity index (χ4n) is 2.12. The number of hydrogen-bond donors (Lipinski definition) is 2. The monoisotopic (exact) mass is 239 g/mol. The fourth-order valence-corrected chi connectivity index (χ4v) is 3.37. The van der Waals surface area contributed by atoms with E-state index in [1.54, 1.807) is 18.0 Å². The number of aromatic nitrogens is 2. The summed E-state index contributed by atoms with van der Waals surface area (Å²) in [4.78, 5) is 18.1. The molecule has 1 heterocycles. The van der Waals surface area contributed by atoms with Crippen molar-refractivity contribution in [2.75, 3.05) is 6.54 Å². The first kappa shape index (κ1) is 11.7. The second kappa shape index (κ2) is 5.50. The van der Waals surface area contributed by atoms with Crippen molar-refractivity contribution in [1.82, 2.24) is 15.3 Å². The maximum absolute atomic E-state index is 11.1. The number of nitrogens with zero attached hydrogens (tertiary/aromatic N) is 1. The molecule has 1 saturated carbocycles. The molecule has 2 rings (SSSR count). The Bertz CT molecular complexity index is 393. The van der Waals surface area contributed by atoms with E-state index in [0.29, 0.717) is 11.3 Å². The second-order valence-electron chi connectivity index (χ2n) is 3.99. The molecule has 1 aliphatic carbocycles. The first-order valence-corrected chi connectivity index (χ1v) is 6.63. The van der Waals surface area contributed by atoms with Gasteiger partial charge in [0.25, 0.3) is 5.56 Å². The van der Waals surface area contributed by atoms with Crippen LogP contribution in [0.25, 0.3) is 0 Å². The van der Waals surface area contributed by atoms with E-state index in [0.717, 1.165) is 11.7 Å². The molecule has 2 atom stereocenters. The molecule has 1 aromatic heterocycles. The lowest BCUT2D eigenvalue weighted by Gasteiger charge is -2.18.